The van der Waals surface area contributed by atoms with Crippen LogP contribution in [0, 0.1) is 5.92 Å². The molecule has 2 aromatic rings. The summed E-state index contributed by atoms with van der Waals surface area (Å²) < 4.78 is 0. The molecule has 0 radical (unpaired) electrons. The highest BCUT2D eigenvalue weighted by atomic mass is 16.2. The molecule has 5 amide bonds. The molecular formula is C24H26N4O4. The Morgan fingerprint density at radius 2 is 1.72 bits per heavy atom. The minimum Gasteiger partial charge on any atom is -0.338 e. The molecule has 0 bridgehead atoms. The topological polar surface area (TPSA) is 98.8 Å². The molecule has 0 spiro atoms. The summed E-state index contributed by atoms with van der Waals surface area (Å²) in [6, 6.07) is 12.5. The first-order valence-corrected chi connectivity index (χ1v) is 10.8. The lowest BCUT2D eigenvalue weighted by Gasteiger charge is -2.28. The summed E-state index contributed by atoms with van der Waals surface area (Å²) >= 11 is 0. The van der Waals surface area contributed by atoms with E-state index in [4.69, 9.17) is 0 Å². The minimum atomic E-state index is -0.940. The van der Waals surface area contributed by atoms with Crippen molar-refractivity contribution in [2.24, 2.45) is 5.92 Å². The average molecular weight is 434 g/mol. The normalized spacial score (nSPS) is 16.8. The summed E-state index contributed by atoms with van der Waals surface area (Å²) in [7, 11) is 0. The van der Waals surface area contributed by atoms with Crippen LogP contribution >= 0.6 is 0 Å². The minimum absolute atomic E-state index is 0.0819. The van der Waals surface area contributed by atoms with Crippen LogP contribution < -0.4 is 15.5 Å². The largest absolute Gasteiger partial charge is 0.338 e. The average Bonchev–Trinajstić information content (AvgIpc) is 3.03. The molecule has 1 unspecified atom stereocenters. The Morgan fingerprint density at radius 3 is 2.34 bits per heavy atom. The van der Waals surface area contributed by atoms with Crippen molar-refractivity contribution >= 4 is 35.1 Å². The molecule has 0 saturated carbocycles. The van der Waals surface area contributed by atoms with E-state index in [1.54, 1.807) is 53.4 Å². The molecule has 2 heterocycles. The van der Waals surface area contributed by atoms with Crippen LogP contribution in [0.2, 0.25) is 0 Å². The van der Waals surface area contributed by atoms with Crippen LogP contribution in [0.3, 0.4) is 0 Å². The SMILES string of the molecule is CC(C)CC(C(=O)Nc1cccc(N2CCCNC2=O)c1)N1C(=O)c2ccccc2C1=O. The van der Waals surface area contributed by atoms with Crippen molar-refractivity contribution in [2.75, 3.05) is 23.3 Å². The second-order valence-electron chi connectivity index (χ2n) is 8.45. The van der Waals surface area contributed by atoms with E-state index in [9.17, 15) is 19.2 Å². The Hall–Kier alpha value is -3.68. The van der Waals surface area contributed by atoms with Crippen LogP contribution in [0.15, 0.2) is 48.5 Å². The number of nitrogens with one attached hydrogen (secondary N) is 2. The summed E-state index contributed by atoms with van der Waals surface area (Å²) in [5.41, 5.74) is 1.80. The number of amides is 5. The molecule has 4 rings (SSSR count). The maximum Gasteiger partial charge on any atom is 0.321 e. The number of fused-ring (bicyclic) bond motifs is 1. The number of rotatable bonds is 6. The number of hydrogen-bond acceptors (Lipinski definition) is 4. The zero-order chi connectivity index (χ0) is 22.8. The first kappa shape index (κ1) is 21.5. The van der Waals surface area contributed by atoms with E-state index in [-0.39, 0.29) is 11.9 Å². The molecule has 2 aliphatic rings. The fourth-order valence-electron chi connectivity index (χ4n) is 4.12. The highest BCUT2D eigenvalue weighted by Gasteiger charge is 2.42. The first-order valence-electron chi connectivity index (χ1n) is 10.8. The van der Waals surface area contributed by atoms with Gasteiger partial charge in [-0.05, 0) is 49.1 Å². The number of carbonyl (C=O) groups is 4. The lowest BCUT2D eigenvalue weighted by Crippen LogP contribution is -2.48. The predicted molar refractivity (Wildman–Crippen MR) is 121 cm³/mol. The Labute approximate surface area is 186 Å². The number of benzene rings is 2. The maximum atomic E-state index is 13.3. The lowest BCUT2D eigenvalue weighted by molar-refractivity contribution is -0.120. The van der Waals surface area contributed by atoms with Crippen LogP contribution in [0.1, 0.15) is 47.4 Å². The Bertz CT molecular complexity index is 1050. The molecule has 1 saturated heterocycles. The Morgan fingerprint density at radius 1 is 1.03 bits per heavy atom. The standard InChI is InChI=1S/C24H26N4O4/c1-15(2)13-20(28-22(30)18-9-3-4-10-19(18)23(28)31)21(29)26-16-7-5-8-17(14-16)27-12-6-11-25-24(27)32/h3-5,7-10,14-15,20H,6,11-13H2,1-2H3,(H,25,32)(H,26,29). The lowest BCUT2D eigenvalue weighted by atomic mass is 10.0. The van der Waals surface area contributed by atoms with Gasteiger partial charge in [-0.2, -0.15) is 0 Å². The molecule has 1 atom stereocenters. The van der Waals surface area contributed by atoms with Gasteiger partial charge in [0.25, 0.3) is 11.8 Å². The maximum absolute atomic E-state index is 13.3. The Balaban J connectivity index is 1.57. The third-order valence-electron chi connectivity index (χ3n) is 5.64. The summed E-state index contributed by atoms with van der Waals surface area (Å²) in [6.07, 6.45) is 1.17. The van der Waals surface area contributed by atoms with Crippen LogP contribution in [0.4, 0.5) is 16.2 Å². The first-order chi connectivity index (χ1) is 15.4. The zero-order valence-corrected chi connectivity index (χ0v) is 18.1. The third-order valence-corrected chi connectivity index (χ3v) is 5.64. The summed E-state index contributed by atoms with van der Waals surface area (Å²) in [6.45, 7) is 5.11. The number of carbonyl (C=O) groups excluding carboxylic acids is 4. The smallest absolute Gasteiger partial charge is 0.321 e. The number of nitrogens with zero attached hydrogens (tertiary/aromatic N) is 2. The van der Waals surface area contributed by atoms with E-state index in [0.717, 1.165) is 11.3 Å². The fraction of sp³-hybridized carbons (Fsp3) is 0.333. The summed E-state index contributed by atoms with van der Waals surface area (Å²) in [5, 5.41) is 5.65. The molecule has 8 heteroatoms. The van der Waals surface area contributed by atoms with E-state index in [2.05, 4.69) is 10.6 Å². The van der Waals surface area contributed by atoms with Crippen molar-refractivity contribution in [3.8, 4) is 0 Å². The third kappa shape index (κ3) is 4.08. The van der Waals surface area contributed by atoms with Gasteiger partial charge in [-0.1, -0.05) is 32.0 Å². The molecule has 0 aliphatic carbocycles. The van der Waals surface area contributed by atoms with Gasteiger partial charge in [0.1, 0.15) is 6.04 Å². The zero-order valence-electron chi connectivity index (χ0n) is 18.1. The van der Waals surface area contributed by atoms with Gasteiger partial charge < -0.3 is 10.6 Å². The molecule has 2 aliphatic heterocycles. The van der Waals surface area contributed by atoms with Crippen molar-refractivity contribution < 1.29 is 19.2 Å². The van der Waals surface area contributed by atoms with Gasteiger partial charge in [-0.15, -0.1) is 0 Å². The Kier molecular flexibility index (Phi) is 5.94. The van der Waals surface area contributed by atoms with Crippen LogP contribution in [-0.4, -0.2) is 47.8 Å². The van der Waals surface area contributed by atoms with E-state index < -0.39 is 23.8 Å². The number of urea groups is 1. The van der Waals surface area contributed by atoms with Crippen molar-refractivity contribution in [2.45, 2.75) is 32.7 Å². The summed E-state index contributed by atoms with van der Waals surface area (Å²) in [5.74, 6) is -1.26. The highest BCUT2D eigenvalue weighted by molar-refractivity contribution is 6.23. The van der Waals surface area contributed by atoms with Crippen molar-refractivity contribution in [3.63, 3.8) is 0 Å². The fourth-order valence-corrected chi connectivity index (χ4v) is 4.12. The number of anilines is 2. The van der Waals surface area contributed by atoms with Gasteiger partial charge >= 0.3 is 6.03 Å². The molecule has 2 N–H and O–H groups in total. The second-order valence-corrected chi connectivity index (χ2v) is 8.45. The molecule has 2 aromatic carbocycles. The molecule has 166 valence electrons. The molecule has 1 fully saturated rings. The van der Waals surface area contributed by atoms with Crippen molar-refractivity contribution in [1.82, 2.24) is 10.2 Å². The van der Waals surface area contributed by atoms with Gasteiger partial charge in [-0.25, -0.2) is 4.79 Å². The quantitative estimate of drug-likeness (QED) is 0.682. The van der Waals surface area contributed by atoms with Gasteiger partial charge in [0.15, 0.2) is 0 Å². The monoisotopic (exact) mass is 434 g/mol. The van der Waals surface area contributed by atoms with E-state index in [1.807, 2.05) is 13.8 Å². The number of imide groups is 1. The highest BCUT2D eigenvalue weighted by Crippen LogP contribution is 2.28. The van der Waals surface area contributed by atoms with Crippen LogP contribution in [0.25, 0.3) is 0 Å². The van der Waals surface area contributed by atoms with Gasteiger partial charge in [0, 0.05) is 24.5 Å². The van der Waals surface area contributed by atoms with E-state index >= 15 is 0 Å². The number of hydrogen-bond donors (Lipinski definition) is 2. The van der Waals surface area contributed by atoms with Crippen molar-refractivity contribution in [3.05, 3.63) is 59.7 Å². The van der Waals surface area contributed by atoms with Gasteiger partial charge in [0.2, 0.25) is 5.91 Å². The molecule has 8 nitrogen and oxygen atoms in total. The van der Waals surface area contributed by atoms with Gasteiger partial charge in [-0.3, -0.25) is 24.2 Å². The van der Waals surface area contributed by atoms with Crippen LogP contribution in [-0.2, 0) is 4.79 Å². The van der Waals surface area contributed by atoms with E-state index in [0.29, 0.717) is 42.0 Å². The van der Waals surface area contributed by atoms with Crippen LogP contribution in [0.5, 0.6) is 0 Å². The molecule has 32 heavy (non-hydrogen) atoms. The summed E-state index contributed by atoms with van der Waals surface area (Å²) in [4.78, 5) is 54.0. The molecule has 0 aromatic heterocycles. The molecular weight excluding hydrogens is 408 g/mol. The van der Waals surface area contributed by atoms with Gasteiger partial charge in [0.05, 0.1) is 11.1 Å². The van der Waals surface area contributed by atoms with Crippen molar-refractivity contribution in [1.29, 1.82) is 0 Å². The second kappa shape index (κ2) is 8.82. The van der Waals surface area contributed by atoms with E-state index in [1.165, 1.54) is 0 Å². The predicted octanol–water partition coefficient (Wildman–Crippen LogP) is 3.26.